The predicted molar refractivity (Wildman–Crippen MR) is 64.0 cm³/mol. The first kappa shape index (κ1) is 10.2. The quantitative estimate of drug-likeness (QED) is 0.793. The van der Waals surface area contributed by atoms with Gasteiger partial charge in [-0.05, 0) is 23.0 Å². The molecule has 0 fully saturated rings. The minimum absolute atomic E-state index is 0.208. The zero-order valence-corrected chi connectivity index (χ0v) is 9.83. The van der Waals surface area contributed by atoms with Crippen molar-refractivity contribution in [1.29, 1.82) is 0 Å². The lowest BCUT2D eigenvalue weighted by Gasteiger charge is -2.29. The van der Waals surface area contributed by atoms with Crippen LogP contribution >= 0.6 is 0 Å². The van der Waals surface area contributed by atoms with Gasteiger partial charge in [-0.1, -0.05) is 39.8 Å². The molecule has 2 heteroatoms. The van der Waals surface area contributed by atoms with E-state index in [0.717, 1.165) is 5.52 Å². The molecule has 0 saturated heterocycles. The molecule has 0 aliphatic heterocycles. The molecular weight excluding hydrogens is 184 g/mol. The molecule has 0 atom stereocenters. The summed E-state index contributed by atoms with van der Waals surface area (Å²) in [5.41, 5.74) is 2.70. The maximum atomic E-state index is 4.04. The molecular formula is C13H18N2. The van der Waals surface area contributed by atoms with Crippen molar-refractivity contribution in [3.63, 3.8) is 0 Å². The third kappa shape index (κ3) is 1.65. The molecule has 0 amide bonds. The second-order valence-corrected chi connectivity index (χ2v) is 5.05. The van der Waals surface area contributed by atoms with Crippen molar-refractivity contribution in [2.75, 3.05) is 0 Å². The molecule has 0 unspecified atom stereocenters. The molecule has 80 valence electrons. The van der Waals surface area contributed by atoms with Crippen LogP contribution in [0.25, 0.3) is 10.9 Å². The SMILES string of the molecule is CC(C)C(C)(C)c1ccc2cn[nH]c2c1. The van der Waals surface area contributed by atoms with Crippen LogP contribution in [0.1, 0.15) is 33.3 Å². The van der Waals surface area contributed by atoms with Crippen LogP contribution in [0.2, 0.25) is 0 Å². The summed E-state index contributed by atoms with van der Waals surface area (Å²) in [5.74, 6) is 0.623. The van der Waals surface area contributed by atoms with Gasteiger partial charge in [0.15, 0.2) is 0 Å². The average molecular weight is 202 g/mol. The lowest BCUT2D eigenvalue weighted by atomic mass is 9.75. The fourth-order valence-electron chi connectivity index (χ4n) is 1.67. The van der Waals surface area contributed by atoms with E-state index in [4.69, 9.17) is 0 Å². The molecule has 2 aromatic rings. The van der Waals surface area contributed by atoms with Gasteiger partial charge in [0.05, 0.1) is 11.7 Å². The molecule has 0 aliphatic carbocycles. The number of hydrogen-bond acceptors (Lipinski definition) is 1. The van der Waals surface area contributed by atoms with Crippen molar-refractivity contribution in [3.05, 3.63) is 30.0 Å². The second-order valence-electron chi connectivity index (χ2n) is 5.05. The minimum atomic E-state index is 0.208. The Bertz CT molecular complexity index is 466. The van der Waals surface area contributed by atoms with Gasteiger partial charge in [0.25, 0.3) is 0 Å². The maximum absolute atomic E-state index is 4.04. The van der Waals surface area contributed by atoms with Gasteiger partial charge in [0, 0.05) is 5.39 Å². The Hall–Kier alpha value is -1.31. The first-order valence-corrected chi connectivity index (χ1v) is 5.45. The summed E-state index contributed by atoms with van der Waals surface area (Å²) in [6, 6.07) is 6.55. The van der Waals surface area contributed by atoms with E-state index < -0.39 is 0 Å². The van der Waals surface area contributed by atoms with Crippen LogP contribution in [0.15, 0.2) is 24.4 Å². The first-order chi connectivity index (χ1) is 7.01. The third-order valence-corrected chi connectivity index (χ3v) is 3.63. The summed E-state index contributed by atoms with van der Waals surface area (Å²) in [6.07, 6.45) is 1.86. The number of aromatic nitrogens is 2. The molecule has 0 bridgehead atoms. The minimum Gasteiger partial charge on any atom is -0.278 e. The first-order valence-electron chi connectivity index (χ1n) is 5.45. The van der Waals surface area contributed by atoms with E-state index in [-0.39, 0.29) is 5.41 Å². The molecule has 1 aromatic heterocycles. The lowest BCUT2D eigenvalue weighted by molar-refractivity contribution is 0.372. The summed E-state index contributed by atoms with van der Waals surface area (Å²) >= 11 is 0. The number of aromatic amines is 1. The summed E-state index contributed by atoms with van der Waals surface area (Å²) in [4.78, 5) is 0. The van der Waals surface area contributed by atoms with Crippen LogP contribution in [0, 0.1) is 5.92 Å². The topological polar surface area (TPSA) is 28.7 Å². The smallest absolute Gasteiger partial charge is 0.0653 e. The second kappa shape index (κ2) is 3.37. The van der Waals surface area contributed by atoms with E-state index >= 15 is 0 Å². The van der Waals surface area contributed by atoms with Crippen LogP contribution in [0.3, 0.4) is 0 Å². The Labute approximate surface area is 90.7 Å². The van der Waals surface area contributed by atoms with Crippen LogP contribution in [0.5, 0.6) is 0 Å². The number of nitrogens with zero attached hydrogens (tertiary/aromatic N) is 1. The Morgan fingerprint density at radius 2 is 2.00 bits per heavy atom. The molecule has 2 rings (SSSR count). The average Bonchev–Trinajstić information content (AvgIpc) is 2.63. The van der Waals surface area contributed by atoms with Gasteiger partial charge >= 0.3 is 0 Å². The van der Waals surface area contributed by atoms with Crippen molar-refractivity contribution in [2.45, 2.75) is 33.1 Å². The summed E-state index contributed by atoms with van der Waals surface area (Å²) in [5, 5.41) is 8.24. The number of nitrogens with one attached hydrogen (secondary N) is 1. The normalized spacial score (nSPS) is 12.6. The molecule has 0 saturated carbocycles. The van der Waals surface area contributed by atoms with Gasteiger partial charge in [0.2, 0.25) is 0 Å². The number of benzene rings is 1. The fraction of sp³-hybridized carbons (Fsp3) is 0.462. The van der Waals surface area contributed by atoms with Crippen molar-refractivity contribution in [3.8, 4) is 0 Å². The molecule has 15 heavy (non-hydrogen) atoms. The van der Waals surface area contributed by atoms with Crippen LogP contribution in [0.4, 0.5) is 0 Å². The van der Waals surface area contributed by atoms with Crippen LogP contribution in [-0.2, 0) is 5.41 Å². The number of rotatable bonds is 2. The van der Waals surface area contributed by atoms with Crippen LogP contribution < -0.4 is 0 Å². The summed E-state index contributed by atoms with van der Waals surface area (Å²) in [6.45, 7) is 9.10. The van der Waals surface area contributed by atoms with Crippen molar-refractivity contribution in [2.24, 2.45) is 5.92 Å². The summed E-state index contributed by atoms with van der Waals surface area (Å²) in [7, 11) is 0. The Morgan fingerprint density at radius 1 is 1.27 bits per heavy atom. The lowest BCUT2D eigenvalue weighted by Crippen LogP contribution is -2.24. The van der Waals surface area contributed by atoms with Gasteiger partial charge in [0.1, 0.15) is 0 Å². The molecule has 2 nitrogen and oxygen atoms in total. The van der Waals surface area contributed by atoms with E-state index in [2.05, 4.69) is 56.1 Å². The highest BCUT2D eigenvalue weighted by Crippen LogP contribution is 2.32. The monoisotopic (exact) mass is 202 g/mol. The fourth-order valence-corrected chi connectivity index (χ4v) is 1.67. The van der Waals surface area contributed by atoms with Gasteiger partial charge in [-0.3, -0.25) is 5.10 Å². The molecule has 1 N–H and O–H groups in total. The highest BCUT2D eigenvalue weighted by atomic mass is 15.1. The highest BCUT2D eigenvalue weighted by molar-refractivity contribution is 5.78. The van der Waals surface area contributed by atoms with Crippen molar-refractivity contribution >= 4 is 10.9 Å². The number of H-pyrrole nitrogens is 1. The zero-order chi connectivity index (χ0) is 11.1. The zero-order valence-electron chi connectivity index (χ0n) is 9.83. The Morgan fingerprint density at radius 3 is 2.67 bits per heavy atom. The van der Waals surface area contributed by atoms with E-state index in [9.17, 15) is 0 Å². The van der Waals surface area contributed by atoms with E-state index in [1.54, 1.807) is 0 Å². The Balaban J connectivity index is 2.52. The third-order valence-electron chi connectivity index (χ3n) is 3.63. The number of fused-ring (bicyclic) bond motifs is 1. The predicted octanol–water partition coefficient (Wildman–Crippen LogP) is 3.50. The molecule has 0 radical (unpaired) electrons. The number of hydrogen-bond donors (Lipinski definition) is 1. The maximum Gasteiger partial charge on any atom is 0.0653 e. The van der Waals surface area contributed by atoms with Gasteiger partial charge in [-0.2, -0.15) is 5.10 Å². The van der Waals surface area contributed by atoms with E-state index in [0.29, 0.717) is 5.92 Å². The van der Waals surface area contributed by atoms with Gasteiger partial charge in [-0.15, -0.1) is 0 Å². The molecule has 1 aromatic carbocycles. The molecule has 0 aliphatic rings. The van der Waals surface area contributed by atoms with Gasteiger partial charge < -0.3 is 0 Å². The van der Waals surface area contributed by atoms with Crippen molar-refractivity contribution < 1.29 is 0 Å². The van der Waals surface area contributed by atoms with E-state index in [1.165, 1.54) is 10.9 Å². The standard InChI is InChI=1S/C13H18N2/c1-9(2)13(3,4)11-6-5-10-8-14-15-12(10)7-11/h5-9H,1-4H3,(H,14,15). The van der Waals surface area contributed by atoms with Gasteiger partial charge in [-0.25, -0.2) is 0 Å². The molecule has 0 spiro atoms. The highest BCUT2D eigenvalue weighted by Gasteiger charge is 2.24. The Kier molecular flexibility index (Phi) is 2.29. The van der Waals surface area contributed by atoms with Crippen LogP contribution in [-0.4, -0.2) is 10.2 Å². The van der Waals surface area contributed by atoms with E-state index in [1.807, 2.05) is 6.20 Å². The largest absolute Gasteiger partial charge is 0.278 e. The molecule has 1 heterocycles. The summed E-state index contributed by atoms with van der Waals surface area (Å²) < 4.78 is 0. The van der Waals surface area contributed by atoms with Crippen molar-refractivity contribution in [1.82, 2.24) is 10.2 Å².